The van der Waals surface area contributed by atoms with Gasteiger partial charge in [0.2, 0.25) is 0 Å². The van der Waals surface area contributed by atoms with E-state index >= 15 is 0 Å². The third-order valence-corrected chi connectivity index (χ3v) is 4.22. The van der Waals surface area contributed by atoms with Gasteiger partial charge in [0.05, 0.1) is 24.2 Å². The van der Waals surface area contributed by atoms with Crippen molar-refractivity contribution in [2.75, 3.05) is 6.61 Å². The first kappa shape index (κ1) is 19.2. The van der Waals surface area contributed by atoms with Gasteiger partial charge >= 0.3 is 11.9 Å². The summed E-state index contributed by atoms with van der Waals surface area (Å²) in [6.45, 7) is 3.35. The molecule has 2 aromatic carbocycles. The number of benzene rings is 2. The van der Waals surface area contributed by atoms with E-state index in [4.69, 9.17) is 19.2 Å². The fourth-order valence-corrected chi connectivity index (χ4v) is 2.98. The summed E-state index contributed by atoms with van der Waals surface area (Å²) in [5, 5.41) is 9.84. The lowest BCUT2D eigenvalue weighted by molar-refractivity contribution is -0.145. The highest BCUT2D eigenvalue weighted by Gasteiger charge is 2.24. The standard InChI is InChI=1S/C22H19NO5/c1-3-26-22(25)20(16-5-7-18(8-6-16)27-14(2)24)12-19-11-17-10-15(13-23)4-9-21(17)28-19/h4-11,20H,3,12H2,1-2H3. The lowest BCUT2D eigenvalue weighted by atomic mass is 9.94. The highest BCUT2D eigenvalue weighted by molar-refractivity contribution is 5.81. The monoisotopic (exact) mass is 377 g/mol. The van der Waals surface area contributed by atoms with Crippen molar-refractivity contribution >= 4 is 22.9 Å². The first-order valence-electron chi connectivity index (χ1n) is 8.87. The summed E-state index contributed by atoms with van der Waals surface area (Å²) >= 11 is 0. The minimum absolute atomic E-state index is 0.270. The van der Waals surface area contributed by atoms with Crippen LogP contribution in [0.15, 0.2) is 52.9 Å². The molecular weight excluding hydrogens is 358 g/mol. The van der Waals surface area contributed by atoms with Crippen LogP contribution >= 0.6 is 0 Å². The first-order valence-corrected chi connectivity index (χ1v) is 8.87. The Bertz CT molecular complexity index is 1040. The van der Waals surface area contributed by atoms with E-state index in [-0.39, 0.29) is 12.6 Å². The zero-order valence-electron chi connectivity index (χ0n) is 15.6. The Hall–Kier alpha value is -3.59. The van der Waals surface area contributed by atoms with E-state index in [2.05, 4.69) is 6.07 Å². The molecule has 6 heteroatoms. The average molecular weight is 377 g/mol. The fourth-order valence-electron chi connectivity index (χ4n) is 2.98. The van der Waals surface area contributed by atoms with Gasteiger partial charge in [-0.25, -0.2) is 0 Å². The minimum atomic E-state index is -0.567. The van der Waals surface area contributed by atoms with Gasteiger partial charge in [-0.2, -0.15) is 5.26 Å². The van der Waals surface area contributed by atoms with Gasteiger partial charge in [0.15, 0.2) is 0 Å². The molecule has 6 nitrogen and oxygen atoms in total. The molecule has 0 spiro atoms. The number of hydrogen-bond donors (Lipinski definition) is 0. The second-order valence-electron chi connectivity index (χ2n) is 6.25. The summed E-state index contributed by atoms with van der Waals surface area (Å²) < 4.78 is 16.1. The SMILES string of the molecule is CCOC(=O)C(Cc1cc2cc(C#N)ccc2o1)c1ccc(OC(C)=O)cc1. The number of carbonyl (C=O) groups excluding carboxylic acids is 2. The topological polar surface area (TPSA) is 89.5 Å². The Labute approximate surface area is 162 Å². The Morgan fingerprint density at radius 3 is 2.54 bits per heavy atom. The largest absolute Gasteiger partial charge is 0.466 e. The van der Waals surface area contributed by atoms with E-state index in [9.17, 15) is 9.59 Å². The van der Waals surface area contributed by atoms with Gasteiger partial charge in [0, 0.05) is 18.7 Å². The van der Waals surface area contributed by atoms with Gasteiger partial charge in [-0.1, -0.05) is 12.1 Å². The molecule has 0 aliphatic heterocycles. The summed E-state index contributed by atoms with van der Waals surface area (Å²) in [6, 6.07) is 15.8. The predicted octanol–water partition coefficient (Wildman–Crippen LogP) is 4.12. The minimum Gasteiger partial charge on any atom is -0.466 e. The highest BCUT2D eigenvalue weighted by Crippen LogP contribution is 2.28. The van der Waals surface area contributed by atoms with Crippen LogP contribution < -0.4 is 4.74 Å². The fraction of sp³-hybridized carbons (Fsp3) is 0.227. The predicted molar refractivity (Wildman–Crippen MR) is 102 cm³/mol. The average Bonchev–Trinajstić information content (AvgIpc) is 3.08. The van der Waals surface area contributed by atoms with Crippen LogP contribution in [-0.2, 0) is 20.7 Å². The lowest BCUT2D eigenvalue weighted by Gasteiger charge is -2.15. The Morgan fingerprint density at radius 2 is 1.89 bits per heavy atom. The molecule has 1 aromatic heterocycles. The number of esters is 2. The molecule has 0 aliphatic rings. The van der Waals surface area contributed by atoms with E-state index in [1.165, 1.54) is 6.92 Å². The van der Waals surface area contributed by atoms with Crippen molar-refractivity contribution in [3.63, 3.8) is 0 Å². The molecule has 1 heterocycles. The maximum Gasteiger partial charge on any atom is 0.313 e. The number of rotatable bonds is 6. The Morgan fingerprint density at radius 1 is 1.14 bits per heavy atom. The Kier molecular flexibility index (Phi) is 5.75. The van der Waals surface area contributed by atoms with Crippen LogP contribution in [0.5, 0.6) is 5.75 Å². The smallest absolute Gasteiger partial charge is 0.313 e. The van der Waals surface area contributed by atoms with Crippen molar-refractivity contribution in [3.05, 3.63) is 65.4 Å². The van der Waals surface area contributed by atoms with E-state index in [0.717, 1.165) is 10.9 Å². The van der Waals surface area contributed by atoms with Gasteiger partial charge in [-0.15, -0.1) is 0 Å². The van der Waals surface area contributed by atoms with Crippen LogP contribution in [0.1, 0.15) is 36.7 Å². The zero-order valence-corrected chi connectivity index (χ0v) is 15.6. The molecule has 0 N–H and O–H groups in total. The van der Waals surface area contributed by atoms with Crippen LogP contribution in [0.4, 0.5) is 0 Å². The third-order valence-electron chi connectivity index (χ3n) is 4.22. The second kappa shape index (κ2) is 8.40. The number of nitriles is 1. The van der Waals surface area contributed by atoms with Crippen LogP contribution in [-0.4, -0.2) is 18.5 Å². The van der Waals surface area contributed by atoms with Gasteiger partial charge in [-0.05, 0) is 48.9 Å². The third kappa shape index (κ3) is 4.38. The maximum atomic E-state index is 12.5. The van der Waals surface area contributed by atoms with Crippen molar-refractivity contribution in [2.24, 2.45) is 0 Å². The van der Waals surface area contributed by atoms with Gasteiger partial charge in [0.25, 0.3) is 0 Å². The van der Waals surface area contributed by atoms with Crippen molar-refractivity contribution in [1.29, 1.82) is 5.26 Å². The summed E-state index contributed by atoms with van der Waals surface area (Å²) in [4.78, 5) is 23.6. The summed E-state index contributed by atoms with van der Waals surface area (Å²) in [6.07, 6.45) is 0.308. The molecule has 0 bridgehead atoms. The lowest BCUT2D eigenvalue weighted by Crippen LogP contribution is -2.18. The number of hydrogen-bond acceptors (Lipinski definition) is 6. The number of nitrogens with zero attached hydrogens (tertiary/aromatic N) is 1. The molecule has 0 saturated carbocycles. The highest BCUT2D eigenvalue weighted by atomic mass is 16.5. The molecule has 1 unspecified atom stereocenters. The molecule has 1 atom stereocenters. The van der Waals surface area contributed by atoms with Gasteiger partial charge in [0.1, 0.15) is 17.1 Å². The van der Waals surface area contributed by atoms with Gasteiger partial charge < -0.3 is 13.9 Å². The molecule has 0 amide bonds. The Balaban J connectivity index is 1.89. The van der Waals surface area contributed by atoms with E-state index in [1.54, 1.807) is 49.4 Å². The molecule has 142 valence electrons. The quantitative estimate of drug-likeness (QED) is 0.474. The number of carbonyl (C=O) groups is 2. The van der Waals surface area contributed by atoms with Gasteiger partial charge in [-0.3, -0.25) is 9.59 Å². The van der Waals surface area contributed by atoms with Crippen LogP contribution in [0.3, 0.4) is 0 Å². The van der Waals surface area contributed by atoms with E-state index in [0.29, 0.717) is 29.1 Å². The first-order chi connectivity index (χ1) is 13.5. The number of fused-ring (bicyclic) bond motifs is 1. The summed E-state index contributed by atoms with van der Waals surface area (Å²) in [5.74, 6) is -0.309. The van der Waals surface area contributed by atoms with Crippen molar-refractivity contribution in [1.82, 2.24) is 0 Å². The number of furan rings is 1. The summed E-state index contributed by atoms with van der Waals surface area (Å²) in [5.41, 5.74) is 1.93. The van der Waals surface area contributed by atoms with Crippen LogP contribution in [0, 0.1) is 11.3 Å². The second-order valence-corrected chi connectivity index (χ2v) is 6.25. The molecule has 3 aromatic rings. The van der Waals surface area contributed by atoms with Crippen LogP contribution in [0.25, 0.3) is 11.0 Å². The summed E-state index contributed by atoms with van der Waals surface area (Å²) in [7, 11) is 0. The molecule has 0 fully saturated rings. The number of ether oxygens (including phenoxy) is 2. The van der Waals surface area contributed by atoms with E-state index in [1.807, 2.05) is 6.07 Å². The molecule has 0 radical (unpaired) electrons. The molecular formula is C22H19NO5. The maximum absolute atomic E-state index is 12.5. The molecule has 3 rings (SSSR count). The van der Waals surface area contributed by atoms with E-state index < -0.39 is 11.9 Å². The molecule has 28 heavy (non-hydrogen) atoms. The van der Waals surface area contributed by atoms with Crippen LogP contribution in [0.2, 0.25) is 0 Å². The molecule has 0 aliphatic carbocycles. The molecule has 0 saturated heterocycles. The normalized spacial score (nSPS) is 11.6. The van der Waals surface area contributed by atoms with Crippen molar-refractivity contribution in [2.45, 2.75) is 26.2 Å². The van der Waals surface area contributed by atoms with Crippen molar-refractivity contribution in [3.8, 4) is 11.8 Å². The zero-order chi connectivity index (χ0) is 20.1. The van der Waals surface area contributed by atoms with Crippen molar-refractivity contribution < 1.29 is 23.5 Å².